The van der Waals surface area contributed by atoms with E-state index < -0.39 is 11.5 Å². The van der Waals surface area contributed by atoms with Crippen molar-refractivity contribution < 1.29 is 14.6 Å². The van der Waals surface area contributed by atoms with E-state index in [4.69, 9.17) is 4.74 Å². The van der Waals surface area contributed by atoms with E-state index in [9.17, 15) is 14.7 Å². The number of aromatic amines is 1. The lowest BCUT2D eigenvalue weighted by molar-refractivity contribution is -0.255. The molecule has 0 fully saturated rings. The maximum Gasteiger partial charge on any atom is 0.257 e. The van der Waals surface area contributed by atoms with Crippen molar-refractivity contribution in [3.63, 3.8) is 0 Å². The summed E-state index contributed by atoms with van der Waals surface area (Å²) in [6, 6.07) is 1.35. The first kappa shape index (κ1) is 11.9. The molecule has 1 N–H and O–H groups in total. The van der Waals surface area contributed by atoms with Gasteiger partial charge in [0.15, 0.2) is 0 Å². The largest absolute Gasteiger partial charge is 0.545 e. The molecule has 5 heteroatoms. The molecule has 0 radical (unpaired) electrons. The first-order chi connectivity index (χ1) is 8.11. The van der Waals surface area contributed by atoms with Gasteiger partial charge in [-0.1, -0.05) is 13.3 Å². The number of aromatic carboxylic acids is 1. The highest BCUT2D eigenvalue weighted by Crippen LogP contribution is 2.20. The summed E-state index contributed by atoms with van der Waals surface area (Å²) in [7, 11) is 0. The zero-order chi connectivity index (χ0) is 12.4. The number of H-pyrrole nitrogens is 1. The number of hydrogen-bond donors (Lipinski definition) is 1. The maximum absolute atomic E-state index is 11.5. The molecule has 1 aliphatic rings. The van der Waals surface area contributed by atoms with Gasteiger partial charge in [0.25, 0.3) is 5.56 Å². The fourth-order valence-electron chi connectivity index (χ4n) is 2.08. The van der Waals surface area contributed by atoms with Crippen LogP contribution in [0, 0.1) is 0 Å². The predicted octanol–water partition coefficient (Wildman–Crippen LogP) is -0.0202. The molecule has 1 aliphatic heterocycles. The molecule has 0 spiro atoms. The van der Waals surface area contributed by atoms with Gasteiger partial charge in [-0.15, -0.1) is 0 Å². The molecule has 92 valence electrons. The average Bonchev–Trinajstić information content (AvgIpc) is 2.28. The highest BCUT2D eigenvalue weighted by Gasteiger charge is 2.20. The second-order valence-corrected chi connectivity index (χ2v) is 4.23. The number of carbonyl (C=O) groups excluding carboxylic acids is 1. The van der Waals surface area contributed by atoms with Crippen molar-refractivity contribution in [3.05, 3.63) is 33.2 Å². The van der Waals surface area contributed by atoms with Gasteiger partial charge in [-0.2, -0.15) is 0 Å². The number of ether oxygens (including phenoxy) is 1. The van der Waals surface area contributed by atoms with Crippen LogP contribution in [0.3, 0.4) is 0 Å². The van der Waals surface area contributed by atoms with Gasteiger partial charge in [-0.05, 0) is 18.1 Å². The Labute approximate surface area is 98.4 Å². The van der Waals surface area contributed by atoms with E-state index in [-0.39, 0.29) is 11.7 Å². The molecule has 0 saturated carbocycles. The number of hydrogen-bond acceptors (Lipinski definition) is 4. The summed E-state index contributed by atoms with van der Waals surface area (Å²) in [5, 5.41) is 10.7. The summed E-state index contributed by atoms with van der Waals surface area (Å²) in [5.41, 5.74) is 0.586. The molecule has 2 heterocycles. The monoisotopic (exact) mass is 236 g/mol. The minimum Gasteiger partial charge on any atom is -0.545 e. The molecule has 17 heavy (non-hydrogen) atoms. The highest BCUT2D eigenvalue weighted by molar-refractivity contribution is 5.85. The molecule has 0 saturated heterocycles. The molecule has 0 aliphatic carbocycles. The summed E-state index contributed by atoms with van der Waals surface area (Å²) in [4.78, 5) is 24.8. The van der Waals surface area contributed by atoms with Crippen LogP contribution in [-0.4, -0.2) is 17.1 Å². The van der Waals surface area contributed by atoms with E-state index in [2.05, 4.69) is 11.9 Å². The maximum atomic E-state index is 11.5. The minimum atomic E-state index is -1.45. The number of carboxylic acid groups (broad SMARTS) is 1. The quantitative estimate of drug-likeness (QED) is 0.799. The van der Waals surface area contributed by atoms with E-state index >= 15 is 0 Å². The van der Waals surface area contributed by atoms with Gasteiger partial charge in [0.2, 0.25) is 0 Å². The number of carboxylic acids is 1. The molecule has 1 aromatic rings. The van der Waals surface area contributed by atoms with Crippen LogP contribution in [0.15, 0.2) is 10.9 Å². The van der Waals surface area contributed by atoms with Crippen molar-refractivity contribution in [2.24, 2.45) is 0 Å². The van der Waals surface area contributed by atoms with Crippen LogP contribution in [0.1, 0.15) is 41.4 Å². The molecule has 2 rings (SSSR count). The number of rotatable bonds is 3. The van der Waals surface area contributed by atoms with E-state index in [1.807, 2.05) is 0 Å². The molecule has 0 aromatic carbocycles. The Morgan fingerprint density at radius 2 is 2.41 bits per heavy atom. The van der Waals surface area contributed by atoms with Crippen molar-refractivity contribution in [2.45, 2.75) is 38.9 Å². The normalized spacial score (nSPS) is 18.8. The Balaban J connectivity index is 2.32. The van der Waals surface area contributed by atoms with Crippen molar-refractivity contribution in [3.8, 4) is 0 Å². The van der Waals surface area contributed by atoms with Crippen molar-refractivity contribution in [2.75, 3.05) is 0 Å². The van der Waals surface area contributed by atoms with Crippen molar-refractivity contribution in [1.29, 1.82) is 0 Å². The van der Waals surface area contributed by atoms with Crippen LogP contribution in [0.25, 0.3) is 0 Å². The van der Waals surface area contributed by atoms with Gasteiger partial charge < -0.3 is 19.6 Å². The first-order valence-corrected chi connectivity index (χ1v) is 5.69. The third-order valence-corrected chi connectivity index (χ3v) is 2.95. The lowest BCUT2D eigenvalue weighted by atomic mass is 10.0. The summed E-state index contributed by atoms with van der Waals surface area (Å²) in [5.74, 6) is -1.45. The van der Waals surface area contributed by atoms with E-state index in [1.165, 1.54) is 6.07 Å². The molecule has 0 unspecified atom stereocenters. The fraction of sp³-hybridized carbons (Fsp3) is 0.500. The van der Waals surface area contributed by atoms with E-state index in [0.717, 1.165) is 24.1 Å². The molecular formula is C12H14NO4-. The zero-order valence-electron chi connectivity index (χ0n) is 9.62. The predicted molar refractivity (Wildman–Crippen MR) is 58.6 cm³/mol. The van der Waals surface area contributed by atoms with Crippen molar-refractivity contribution >= 4 is 5.97 Å². The standard InChI is InChI=1S/C12H15NO4/c1-2-3-8-5-10-7(6-17-8)4-9(12(15)16)11(14)13-10/h4,8H,2-3,5-6H2,1H3,(H,13,14)(H,15,16)/p-1/t8-/m0/s1. The van der Waals surface area contributed by atoms with Crippen molar-refractivity contribution in [1.82, 2.24) is 4.98 Å². The van der Waals surface area contributed by atoms with Crippen LogP contribution in [0.4, 0.5) is 0 Å². The number of nitrogens with one attached hydrogen (secondary N) is 1. The number of fused-ring (bicyclic) bond motifs is 1. The average molecular weight is 236 g/mol. The molecule has 5 nitrogen and oxygen atoms in total. The third-order valence-electron chi connectivity index (χ3n) is 2.95. The summed E-state index contributed by atoms with van der Waals surface area (Å²) >= 11 is 0. The Morgan fingerprint density at radius 3 is 3.06 bits per heavy atom. The van der Waals surface area contributed by atoms with Crippen LogP contribution < -0.4 is 10.7 Å². The lowest BCUT2D eigenvalue weighted by Crippen LogP contribution is -2.33. The van der Waals surface area contributed by atoms with E-state index in [0.29, 0.717) is 13.0 Å². The number of pyridine rings is 1. The molecular weight excluding hydrogens is 222 g/mol. The second kappa shape index (κ2) is 4.71. The smallest absolute Gasteiger partial charge is 0.257 e. The Kier molecular flexibility index (Phi) is 3.28. The molecule has 1 atom stereocenters. The van der Waals surface area contributed by atoms with Crippen LogP contribution in [0.2, 0.25) is 0 Å². The van der Waals surface area contributed by atoms with Gasteiger partial charge in [-0.25, -0.2) is 0 Å². The fourth-order valence-corrected chi connectivity index (χ4v) is 2.08. The van der Waals surface area contributed by atoms with Crippen LogP contribution >= 0.6 is 0 Å². The summed E-state index contributed by atoms with van der Waals surface area (Å²) < 4.78 is 5.58. The zero-order valence-corrected chi connectivity index (χ0v) is 9.62. The van der Waals surface area contributed by atoms with E-state index in [1.54, 1.807) is 0 Å². The van der Waals surface area contributed by atoms with Crippen LogP contribution in [-0.2, 0) is 17.8 Å². The Hall–Kier alpha value is -1.62. The number of aromatic nitrogens is 1. The second-order valence-electron chi connectivity index (χ2n) is 4.23. The first-order valence-electron chi connectivity index (χ1n) is 5.69. The Bertz CT molecular complexity index is 492. The highest BCUT2D eigenvalue weighted by atomic mass is 16.5. The summed E-state index contributed by atoms with van der Waals surface area (Å²) in [6.45, 7) is 2.41. The Morgan fingerprint density at radius 1 is 1.65 bits per heavy atom. The molecule has 0 bridgehead atoms. The SMILES string of the molecule is CCC[C@H]1Cc2[nH]c(=O)c(C(=O)[O-])cc2CO1. The van der Waals surface area contributed by atoms with Gasteiger partial charge >= 0.3 is 0 Å². The third kappa shape index (κ3) is 2.39. The number of carbonyl (C=O) groups is 1. The lowest BCUT2D eigenvalue weighted by Gasteiger charge is -2.25. The topological polar surface area (TPSA) is 82.2 Å². The molecule has 0 amide bonds. The summed E-state index contributed by atoms with van der Waals surface area (Å²) in [6.07, 6.45) is 2.69. The van der Waals surface area contributed by atoms with Gasteiger partial charge in [0.05, 0.1) is 24.2 Å². The van der Waals surface area contributed by atoms with Gasteiger partial charge in [-0.3, -0.25) is 4.79 Å². The minimum absolute atomic E-state index is 0.108. The van der Waals surface area contributed by atoms with Gasteiger partial charge in [0.1, 0.15) is 0 Å². The van der Waals surface area contributed by atoms with Crippen LogP contribution in [0.5, 0.6) is 0 Å². The van der Waals surface area contributed by atoms with Gasteiger partial charge in [0, 0.05) is 12.1 Å². The molecule has 1 aromatic heterocycles.